The van der Waals surface area contributed by atoms with E-state index in [9.17, 15) is 22.8 Å². The lowest BCUT2D eigenvalue weighted by atomic mass is 10.0. The standard InChI is InChI=1S/C21H21F3N6O3/c1-28-10-16(21(22,23)24)27-18(28)20(32)30-6-5-29(9-15(30)13-7-25-26-8-13)19(31)17-14-4-2-3-12(14)11-33-17/h7-8,10-11,15H,2-6,9H2,1H3,(H,25,26). The van der Waals surface area contributed by atoms with E-state index in [1.165, 1.54) is 18.1 Å². The Hall–Kier alpha value is -3.57. The van der Waals surface area contributed by atoms with Crippen LogP contribution < -0.4 is 0 Å². The molecule has 1 aliphatic heterocycles. The molecule has 1 atom stereocenters. The number of aromatic nitrogens is 4. The quantitative estimate of drug-likeness (QED) is 0.645. The van der Waals surface area contributed by atoms with Crippen LogP contribution >= 0.6 is 0 Å². The first-order chi connectivity index (χ1) is 15.7. The van der Waals surface area contributed by atoms with Gasteiger partial charge < -0.3 is 18.8 Å². The minimum atomic E-state index is -4.66. The molecule has 1 aliphatic carbocycles. The van der Waals surface area contributed by atoms with Crippen molar-refractivity contribution in [2.45, 2.75) is 31.5 Å². The maximum absolute atomic E-state index is 13.2. The zero-order chi connectivity index (χ0) is 23.3. The van der Waals surface area contributed by atoms with E-state index in [4.69, 9.17) is 4.42 Å². The number of nitrogens with one attached hydrogen (secondary N) is 1. The first kappa shape index (κ1) is 21.3. The molecule has 0 spiro atoms. The first-order valence-electron chi connectivity index (χ1n) is 10.5. The number of aromatic amines is 1. The van der Waals surface area contributed by atoms with E-state index in [1.807, 2.05) is 0 Å². The number of hydrogen-bond acceptors (Lipinski definition) is 5. The molecule has 4 heterocycles. The molecule has 9 nitrogen and oxygen atoms in total. The topological polar surface area (TPSA) is 100 Å². The second kappa shape index (κ2) is 7.78. The summed E-state index contributed by atoms with van der Waals surface area (Å²) in [6, 6.07) is -0.608. The summed E-state index contributed by atoms with van der Waals surface area (Å²) in [4.78, 5) is 33.0. The number of rotatable bonds is 3. The summed E-state index contributed by atoms with van der Waals surface area (Å²) in [6.45, 7) is 0.485. The molecule has 0 saturated carbocycles. The van der Waals surface area contributed by atoms with Gasteiger partial charge in [0.25, 0.3) is 11.8 Å². The number of halogens is 3. The number of hydrogen-bond donors (Lipinski definition) is 1. The minimum absolute atomic E-state index is 0.123. The highest BCUT2D eigenvalue weighted by atomic mass is 19.4. The average Bonchev–Trinajstić information content (AvgIpc) is 3.56. The number of amides is 2. The van der Waals surface area contributed by atoms with Crippen LogP contribution in [-0.4, -0.2) is 61.0 Å². The van der Waals surface area contributed by atoms with Crippen molar-refractivity contribution in [1.29, 1.82) is 0 Å². The number of carbonyl (C=O) groups is 2. The number of carbonyl (C=O) groups excluding carboxylic acids is 2. The molecular formula is C21H21F3N6O3. The van der Waals surface area contributed by atoms with Gasteiger partial charge in [0.2, 0.25) is 0 Å². The van der Waals surface area contributed by atoms with Crippen LogP contribution in [0.3, 0.4) is 0 Å². The molecule has 12 heteroatoms. The van der Waals surface area contributed by atoms with Gasteiger partial charge in [0.15, 0.2) is 17.3 Å². The molecule has 0 radical (unpaired) electrons. The van der Waals surface area contributed by atoms with Crippen molar-refractivity contribution in [3.63, 3.8) is 0 Å². The molecule has 1 N–H and O–H groups in total. The van der Waals surface area contributed by atoms with Crippen molar-refractivity contribution < 1.29 is 27.2 Å². The van der Waals surface area contributed by atoms with Crippen LogP contribution in [0.1, 0.15) is 56.0 Å². The molecule has 3 aromatic heterocycles. The van der Waals surface area contributed by atoms with Crippen LogP contribution in [0, 0.1) is 0 Å². The van der Waals surface area contributed by atoms with Crippen molar-refractivity contribution in [2.75, 3.05) is 19.6 Å². The second-order valence-electron chi connectivity index (χ2n) is 8.28. The fourth-order valence-electron chi connectivity index (χ4n) is 4.55. The SMILES string of the molecule is Cn1cc(C(F)(F)F)nc1C(=O)N1CCN(C(=O)c2occ3c2CCC3)CC1c1cn[nH]c1. The summed E-state index contributed by atoms with van der Waals surface area (Å²) in [5.74, 6) is -0.896. The molecule has 174 valence electrons. The molecule has 0 aromatic carbocycles. The monoisotopic (exact) mass is 462 g/mol. The number of nitrogens with zero attached hydrogens (tertiary/aromatic N) is 5. The lowest BCUT2D eigenvalue weighted by molar-refractivity contribution is -0.141. The number of imidazole rings is 1. The molecule has 5 rings (SSSR count). The van der Waals surface area contributed by atoms with Crippen LogP contribution in [0.5, 0.6) is 0 Å². The van der Waals surface area contributed by atoms with Gasteiger partial charge in [0.1, 0.15) is 0 Å². The Morgan fingerprint density at radius 1 is 1.21 bits per heavy atom. The van der Waals surface area contributed by atoms with Crippen molar-refractivity contribution in [3.05, 3.63) is 58.8 Å². The predicted molar refractivity (Wildman–Crippen MR) is 107 cm³/mol. The van der Waals surface area contributed by atoms with Crippen LogP contribution in [0.2, 0.25) is 0 Å². The second-order valence-corrected chi connectivity index (χ2v) is 8.28. The Morgan fingerprint density at radius 2 is 2.03 bits per heavy atom. The van der Waals surface area contributed by atoms with Crippen molar-refractivity contribution in [2.24, 2.45) is 7.05 Å². The van der Waals surface area contributed by atoms with Gasteiger partial charge in [0.05, 0.1) is 18.5 Å². The summed E-state index contributed by atoms with van der Waals surface area (Å²) >= 11 is 0. The number of piperazine rings is 1. The number of H-pyrrole nitrogens is 1. The van der Waals surface area contributed by atoms with E-state index < -0.39 is 23.8 Å². The van der Waals surface area contributed by atoms with Gasteiger partial charge >= 0.3 is 6.18 Å². The predicted octanol–water partition coefficient (Wildman–Crippen LogP) is 2.58. The zero-order valence-corrected chi connectivity index (χ0v) is 17.7. The summed E-state index contributed by atoms with van der Waals surface area (Å²) < 4.78 is 45.9. The molecule has 2 amide bonds. The lowest BCUT2D eigenvalue weighted by Crippen LogP contribution is -2.52. The first-order valence-corrected chi connectivity index (χ1v) is 10.5. The normalized spacial score (nSPS) is 18.6. The Morgan fingerprint density at radius 3 is 2.73 bits per heavy atom. The summed E-state index contributed by atoms with van der Waals surface area (Å²) in [6.07, 6.45) is 3.54. The van der Waals surface area contributed by atoms with Gasteiger partial charge in [-0.25, -0.2) is 4.98 Å². The van der Waals surface area contributed by atoms with E-state index in [0.29, 0.717) is 11.3 Å². The number of furan rings is 1. The van der Waals surface area contributed by atoms with Gasteiger partial charge in [-0.15, -0.1) is 0 Å². The number of alkyl halides is 3. The zero-order valence-electron chi connectivity index (χ0n) is 17.7. The number of aryl methyl sites for hydroxylation is 2. The highest BCUT2D eigenvalue weighted by molar-refractivity contribution is 5.94. The van der Waals surface area contributed by atoms with Crippen LogP contribution in [-0.2, 0) is 26.1 Å². The largest absolute Gasteiger partial charge is 0.459 e. The smallest absolute Gasteiger partial charge is 0.434 e. The highest BCUT2D eigenvalue weighted by Gasteiger charge is 2.40. The molecule has 2 aliphatic rings. The van der Waals surface area contributed by atoms with Crippen LogP contribution in [0.15, 0.2) is 29.3 Å². The molecule has 3 aromatic rings. The van der Waals surface area contributed by atoms with E-state index in [1.54, 1.807) is 17.4 Å². The number of fused-ring (bicyclic) bond motifs is 1. The van der Waals surface area contributed by atoms with Gasteiger partial charge in [-0.05, 0) is 24.8 Å². The Kier molecular flexibility index (Phi) is 5.02. The molecule has 1 saturated heterocycles. The van der Waals surface area contributed by atoms with Crippen molar-refractivity contribution >= 4 is 11.8 Å². The van der Waals surface area contributed by atoms with E-state index >= 15 is 0 Å². The fraction of sp³-hybridized carbons (Fsp3) is 0.429. The lowest BCUT2D eigenvalue weighted by Gasteiger charge is -2.40. The third-order valence-corrected chi connectivity index (χ3v) is 6.24. The minimum Gasteiger partial charge on any atom is -0.459 e. The van der Waals surface area contributed by atoms with Gasteiger partial charge in [0, 0.05) is 50.2 Å². The maximum atomic E-state index is 13.2. The Balaban J connectivity index is 1.42. The molecular weight excluding hydrogens is 441 g/mol. The van der Waals surface area contributed by atoms with E-state index in [0.717, 1.165) is 41.2 Å². The van der Waals surface area contributed by atoms with Gasteiger partial charge in [-0.2, -0.15) is 18.3 Å². The van der Waals surface area contributed by atoms with Gasteiger partial charge in [-0.1, -0.05) is 0 Å². The maximum Gasteiger partial charge on any atom is 0.434 e. The molecule has 1 fully saturated rings. The highest BCUT2D eigenvalue weighted by Crippen LogP contribution is 2.32. The van der Waals surface area contributed by atoms with Crippen molar-refractivity contribution in [3.8, 4) is 0 Å². The average molecular weight is 462 g/mol. The molecule has 33 heavy (non-hydrogen) atoms. The molecule has 1 unspecified atom stereocenters. The van der Waals surface area contributed by atoms with E-state index in [-0.39, 0.29) is 31.4 Å². The summed E-state index contributed by atoms with van der Waals surface area (Å²) in [7, 11) is 1.35. The van der Waals surface area contributed by atoms with Gasteiger partial charge in [-0.3, -0.25) is 14.7 Å². The summed E-state index contributed by atoms with van der Waals surface area (Å²) in [5, 5.41) is 6.62. The van der Waals surface area contributed by atoms with Crippen LogP contribution in [0.4, 0.5) is 13.2 Å². The van der Waals surface area contributed by atoms with Crippen LogP contribution in [0.25, 0.3) is 0 Å². The van der Waals surface area contributed by atoms with E-state index in [2.05, 4.69) is 15.2 Å². The fourth-order valence-corrected chi connectivity index (χ4v) is 4.55. The Bertz CT molecular complexity index is 1200. The van der Waals surface area contributed by atoms with Crippen molar-refractivity contribution in [1.82, 2.24) is 29.5 Å². The summed E-state index contributed by atoms with van der Waals surface area (Å²) in [5.41, 5.74) is 1.49. The third-order valence-electron chi connectivity index (χ3n) is 6.24. The molecule has 0 bridgehead atoms. The third kappa shape index (κ3) is 3.68. The Labute approximate surface area is 186 Å².